The first-order valence-corrected chi connectivity index (χ1v) is 5.30. The Morgan fingerprint density at radius 2 is 2.18 bits per heavy atom. The normalized spacial score (nSPS) is 17.8. The van der Waals surface area contributed by atoms with Gasteiger partial charge in [0.15, 0.2) is 5.84 Å². The maximum atomic E-state index is 12.6. The predicted molar refractivity (Wildman–Crippen MR) is 58.7 cm³/mol. The van der Waals surface area contributed by atoms with E-state index in [1.54, 1.807) is 5.01 Å². The molecular formula is C9H14F2N6. The summed E-state index contributed by atoms with van der Waals surface area (Å²) in [7, 11) is 0. The Morgan fingerprint density at radius 1 is 1.47 bits per heavy atom. The minimum Gasteiger partial charge on any atom is -0.382 e. The van der Waals surface area contributed by atoms with Gasteiger partial charge in [0.2, 0.25) is 0 Å². The lowest BCUT2D eigenvalue weighted by Gasteiger charge is -2.24. The Balaban J connectivity index is 2.14. The fourth-order valence-corrected chi connectivity index (χ4v) is 1.63. The van der Waals surface area contributed by atoms with Gasteiger partial charge >= 0.3 is 0 Å². The molecule has 0 saturated carbocycles. The summed E-state index contributed by atoms with van der Waals surface area (Å²) in [5, 5.41) is 14.8. The van der Waals surface area contributed by atoms with Gasteiger partial charge in [-0.25, -0.2) is 8.78 Å². The van der Waals surface area contributed by atoms with Gasteiger partial charge in [-0.15, -0.1) is 0 Å². The summed E-state index contributed by atoms with van der Waals surface area (Å²) < 4.78 is 25.2. The zero-order valence-corrected chi connectivity index (χ0v) is 9.16. The minimum atomic E-state index is -2.63. The van der Waals surface area contributed by atoms with Crippen molar-refractivity contribution in [1.82, 2.24) is 20.5 Å². The predicted octanol–water partition coefficient (Wildman–Crippen LogP) is -0.127. The van der Waals surface area contributed by atoms with Crippen LogP contribution in [0, 0.1) is 0 Å². The van der Waals surface area contributed by atoms with Crippen molar-refractivity contribution in [3.63, 3.8) is 0 Å². The smallest absolute Gasteiger partial charge is 0.280 e. The highest BCUT2D eigenvalue weighted by Crippen LogP contribution is 2.19. The molecule has 8 heteroatoms. The van der Waals surface area contributed by atoms with E-state index < -0.39 is 6.43 Å². The lowest BCUT2D eigenvalue weighted by molar-refractivity contribution is 0.145. The second-order valence-electron chi connectivity index (χ2n) is 3.69. The van der Waals surface area contributed by atoms with E-state index in [9.17, 15) is 8.78 Å². The van der Waals surface area contributed by atoms with E-state index in [0.717, 1.165) is 13.1 Å². The van der Waals surface area contributed by atoms with Crippen molar-refractivity contribution in [3.05, 3.63) is 17.5 Å². The molecule has 6 nitrogen and oxygen atoms in total. The number of hydrogen-bond acceptors (Lipinski definition) is 4. The zero-order valence-electron chi connectivity index (χ0n) is 9.16. The van der Waals surface area contributed by atoms with Crippen LogP contribution in [0.3, 0.4) is 0 Å². The van der Waals surface area contributed by atoms with Crippen molar-refractivity contribution in [2.75, 3.05) is 26.2 Å². The number of H-pyrrole nitrogens is 1. The minimum absolute atomic E-state index is 0.0657. The molecule has 1 aromatic rings. The van der Waals surface area contributed by atoms with Crippen LogP contribution < -0.4 is 11.1 Å². The molecule has 2 rings (SSSR count). The van der Waals surface area contributed by atoms with Gasteiger partial charge in [0, 0.05) is 26.2 Å². The van der Waals surface area contributed by atoms with Crippen molar-refractivity contribution in [3.8, 4) is 0 Å². The monoisotopic (exact) mass is 244 g/mol. The summed E-state index contributed by atoms with van der Waals surface area (Å²) in [5.41, 5.74) is 5.58. The number of aromatic nitrogens is 2. The molecular weight excluding hydrogens is 230 g/mol. The Bertz CT molecular complexity index is 396. The van der Waals surface area contributed by atoms with Crippen molar-refractivity contribution < 1.29 is 8.78 Å². The molecule has 1 aliphatic rings. The molecule has 1 fully saturated rings. The largest absolute Gasteiger partial charge is 0.382 e. The van der Waals surface area contributed by atoms with Crippen molar-refractivity contribution in [2.45, 2.75) is 6.43 Å². The van der Waals surface area contributed by atoms with E-state index in [0.29, 0.717) is 13.1 Å². The number of nitrogens with zero attached hydrogens (tertiary/aromatic N) is 3. The Hall–Kier alpha value is -1.70. The van der Waals surface area contributed by atoms with Gasteiger partial charge in [-0.2, -0.15) is 10.2 Å². The number of piperazine rings is 1. The molecule has 1 aromatic heterocycles. The molecule has 0 bridgehead atoms. The Kier molecular flexibility index (Phi) is 3.52. The van der Waals surface area contributed by atoms with Gasteiger partial charge in [0.05, 0.1) is 11.8 Å². The maximum absolute atomic E-state index is 12.6. The van der Waals surface area contributed by atoms with E-state index in [1.807, 2.05) is 0 Å². The number of amidine groups is 1. The van der Waals surface area contributed by atoms with E-state index in [-0.39, 0.29) is 17.1 Å². The first kappa shape index (κ1) is 11.8. The Labute approximate surface area is 96.9 Å². The number of halogens is 2. The van der Waals surface area contributed by atoms with Crippen LogP contribution in [-0.4, -0.2) is 47.2 Å². The summed E-state index contributed by atoms with van der Waals surface area (Å²) in [6.07, 6.45) is -1.37. The average Bonchev–Trinajstić information content (AvgIpc) is 2.79. The molecule has 4 N–H and O–H groups in total. The molecule has 0 atom stereocenters. The fourth-order valence-electron chi connectivity index (χ4n) is 1.63. The molecule has 0 amide bonds. The van der Waals surface area contributed by atoms with E-state index in [4.69, 9.17) is 5.73 Å². The number of rotatable bonds is 3. The van der Waals surface area contributed by atoms with Crippen molar-refractivity contribution >= 4 is 5.84 Å². The maximum Gasteiger partial charge on any atom is 0.280 e. The van der Waals surface area contributed by atoms with Crippen LogP contribution in [0.25, 0.3) is 0 Å². The molecule has 2 heterocycles. The third-order valence-corrected chi connectivity index (χ3v) is 2.51. The Morgan fingerprint density at radius 3 is 2.82 bits per heavy atom. The molecule has 0 aliphatic carbocycles. The van der Waals surface area contributed by atoms with Crippen LogP contribution >= 0.6 is 0 Å². The first-order valence-electron chi connectivity index (χ1n) is 5.30. The summed E-state index contributed by atoms with van der Waals surface area (Å²) in [6, 6.07) is 0. The lowest BCUT2D eigenvalue weighted by atomic mass is 10.2. The molecule has 17 heavy (non-hydrogen) atoms. The number of hydrogen-bond donors (Lipinski definition) is 3. The van der Waals surface area contributed by atoms with Crippen LogP contribution in [0.2, 0.25) is 0 Å². The summed E-state index contributed by atoms with van der Waals surface area (Å²) in [4.78, 5) is 0. The summed E-state index contributed by atoms with van der Waals surface area (Å²) in [5.74, 6) is 0.0657. The summed E-state index contributed by atoms with van der Waals surface area (Å²) in [6.45, 7) is 3.04. The van der Waals surface area contributed by atoms with Gasteiger partial charge in [-0.1, -0.05) is 0 Å². The molecule has 1 saturated heterocycles. The van der Waals surface area contributed by atoms with Crippen LogP contribution in [0.1, 0.15) is 17.7 Å². The highest BCUT2D eigenvalue weighted by Gasteiger charge is 2.18. The van der Waals surface area contributed by atoms with Gasteiger partial charge in [-0.3, -0.25) is 10.1 Å². The van der Waals surface area contributed by atoms with Gasteiger partial charge in [-0.05, 0) is 0 Å². The first-order chi connectivity index (χ1) is 8.18. The van der Waals surface area contributed by atoms with Crippen LogP contribution in [-0.2, 0) is 0 Å². The second-order valence-corrected chi connectivity index (χ2v) is 3.69. The number of nitrogens with one attached hydrogen (secondary N) is 2. The number of aromatic amines is 1. The van der Waals surface area contributed by atoms with E-state index >= 15 is 0 Å². The molecule has 94 valence electrons. The average molecular weight is 244 g/mol. The fraction of sp³-hybridized carbons (Fsp3) is 0.556. The topological polar surface area (TPSA) is 82.3 Å². The van der Waals surface area contributed by atoms with Crippen molar-refractivity contribution in [2.24, 2.45) is 10.8 Å². The van der Waals surface area contributed by atoms with Gasteiger partial charge in [0.25, 0.3) is 6.43 Å². The lowest BCUT2D eigenvalue weighted by Crippen LogP contribution is -2.41. The molecule has 1 aliphatic heterocycles. The highest BCUT2D eigenvalue weighted by molar-refractivity contribution is 5.98. The molecule has 0 aromatic carbocycles. The van der Waals surface area contributed by atoms with Crippen LogP contribution in [0.4, 0.5) is 8.78 Å². The highest BCUT2D eigenvalue weighted by atomic mass is 19.3. The van der Waals surface area contributed by atoms with Crippen LogP contribution in [0.5, 0.6) is 0 Å². The molecule has 0 unspecified atom stereocenters. The van der Waals surface area contributed by atoms with E-state index in [1.165, 1.54) is 6.20 Å². The third kappa shape index (κ3) is 2.70. The summed E-state index contributed by atoms with van der Waals surface area (Å²) >= 11 is 0. The number of hydrazone groups is 1. The molecule has 0 spiro atoms. The van der Waals surface area contributed by atoms with Crippen molar-refractivity contribution in [1.29, 1.82) is 0 Å². The number of alkyl halides is 2. The van der Waals surface area contributed by atoms with Gasteiger partial charge < -0.3 is 11.1 Å². The quantitative estimate of drug-likeness (QED) is 0.511. The van der Waals surface area contributed by atoms with E-state index in [2.05, 4.69) is 20.6 Å². The molecule has 0 radical (unpaired) electrons. The number of nitrogens with two attached hydrogens (primary N) is 1. The SMILES string of the molecule is NC(=NN1CCNCC1)c1cn[nH]c1C(F)F. The standard InChI is InChI=1S/C9H14F2N6/c10-8(11)7-6(5-14-15-7)9(12)16-17-3-1-13-2-4-17/h5,8,13H,1-4H2,(H2,12,16)(H,14,15). The van der Waals surface area contributed by atoms with Crippen LogP contribution in [0.15, 0.2) is 11.3 Å². The van der Waals surface area contributed by atoms with Gasteiger partial charge in [0.1, 0.15) is 5.69 Å². The zero-order chi connectivity index (χ0) is 12.3. The third-order valence-electron chi connectivity index (χ3n) is 2.51. The second kappa shape index (κ2) is 5.09.